The molecule has 128 valence electrons. The van der Waals surface area contributed by atoms with Crippen molar-refractivity contribution < 1.29 is 9.47 Å². The van der Waals surface area contributed by atoms with Gasteiger partial charge in [0.05, 0.1) is 0 Å². The molecule has 1 saturated heterocycles. The summed E-state index contributed by atoms with van der Waals surface area (Å²) in [5.41, 5.74) is 0. The van der Waals surface area contributed by atoms with Crippen molar-refractivity contribution in [3.05, 3.63) is 35.3 Å². The number of para-hydroxylation sites is 2. The van der Waals surface area contributed by atoms with Gasteiger partial charge in [-0.25, -0.2) is 4.98 Å². The second-order valence-corrected chi connectivity index (χ2v) is 7.59. The third-order valence-electron chi connectivity index (χ3n) is 4.43. The van der Waals surface area contributed by atoms with E-state index in [0.29, 0.717) is 6.61 Å². The van der Waals surface area contributed by atoms with E-state index < -0.39 is 0 Å². The first-order valence-electron chi connectivity index (χ1n) is 8.54. The zero-order chi connectivity index (χ0) is 16.4. The minimum atomic E-state index is 0.0656. The Kier molecular flexibility index (Phi) is 4.58. The van der Waals surface area contributed by atoms with Gasteiger partial charge in [0, 0.05) is 37.3 Å². The Bertz CT molecular complexity index is 684. The van der Waals surface area contributed by atoms with Gasteiger partial charge in [-0.15, -0.1) is 11.3 Å². The SMILES string of the molecule is CN(Cc1cnc(N2CCCC2)s1)C[C@@H]1COc2ccccc2O1. The molecule has 4 rings (SSSR count). The maximum absolute atomic E-state index is 6.04. The van der Waals surface area contributed by atoms with E-state index in [0.717, 1.165) is 37.7 Å². The standard InChI is InChI=1S/C18H23N3O2S/c1-20(11-14-13-22-16-6-2-3-7-17(16)23-14)12-15-10-19-18(24-15)21-8-4-5-9-21/h2-3,6-7,10,14H,4-5,8-9,11-13H2,1H3/t14-/m1/s1. The minimum absolute atomic E-state index is 0.0656. The predicted molar refractivity (Wildman–Crippen MR) is 96.2 cm³/mol. The topological polar surface area (TPSA) is 37.8 Å². The molecule has 1 aromatic heterocycles. The molecule has 6 heteroatoms. The second kappa shape index (κ2) is 6.99. The summed E-state index contributed by atoms with van der Waals surface area (Å²) in [5.74, 6) is 1.69. The fourth-order valence-corrected chi connectivity index (χ4v) is 4.30. The van der Waals surface area contributed by atoms with E-state index in [2.05, 4.69) is 21.8 Å². The maximum atomic E-state index is 6.04. The lowest BCUT2D eigenvalue weighted by atomic mass is 10.2. The van der Waals surface area contributed by atoms with E-state index in [4.69, 9.17) is 9.47 Å². The fourth-order valence-electron chi connectivity index (χ4n) is 3.26. The van der Waals surface area contributed by atoms with Gasteiger partial charge in [-0.1, -0.05) is 12.1 Å². The highest BCUT2D eigenvalue weighted by atomic mass is 32.1. The summed E-state index contributed by atoms with van der Waals surface area (Å²) in [7, 11) is 2.12. The number of ether oxygens (including phenoxy) is 2. The van der Waals surface area contributed by atoms with E-state index in [-0.39, 0.29) is 6.10 Å². The van der Waals surface area contributed by atoms with Crippen LogP contribution in [0.25, 0.3) is 0 Å². The number of likely N-dealkylation sites (N-methyl/N-ethyl adjacent to an activating group) is 1. The number of hydrogen-bond acceptors (Lipinski definition) is 6. The molecule has 2 aliphatic rings. The molecule has 1 aromatic carbocycles. The van der Waals surface area contributed by atoms with Crippen molar-refractivity contribution in [2.75, 3.05) is 38.2 Å². The fraction of sp³-hybridized carbons (Fsp3) is 0.500. The van der Waals surface area contributed by atoms with Crippen LogP contribution in [0, 0.1) is 0 Å². The van der Waals surface area contributed by atoms with E-state index in [9.17, 15) is 0 Å². The summed E-state index contributed by atoms with van der Waals surface area (Å²) in [6.07, 6.45) is 4.66. The van der Waals surface area contributed by atoms with Crippen molar-refractivity contribution >= 4 is 16.5 Å². The van der Waals surface area contributed by atoms with Crippen molar-refractivity contribution in [2.45, 2.75) is 25.5 Å². The number of aromatic nitrogens is 1. The molecule has 1 atom stereocenters. The highest BCUT2D eigenvalue weighted by molar-refractivity contribution is 7.15. The third kappa shape index (κ3) is 3.49. The monoisotopic (exact) mass is 345 g/mol. The van der Waals surface area contributed by atoms with Gasteiger partial charge >= 0.3 is 0 Å². The van der Waals surface area contributed by atoms with Crippen LogP contribution in [-0.2, 0) is 6.54 Å². The van der Waals surface area contributed by atoms with Crippen molar-refractivity contribution in [1.29, 1.82) is 0 Å². The molecule has 3 heterocycles. The number of benzene rings is 1. The lowest BCUT2D eigenvalue weighted by Gasteiger charge is -2.29. The van der Waals surface area contributed by atoms with Crippen molar-refractivity contribution in [3.63, 3.8) is 0 Å². The van der Waals surface area contributed by atoms with Crippen LogP contribution in [-0.4, -0.2) is 49.3 Å². The summed E-state index contributed by atoms with van der Waals surface area (Å²) in [4.78, 5) is 10.6. The number of nitrogens with zero attached hydrogens (tertiary/aromatic N) is 3. The van der Waals surface area contributed by atoms with Crippen LogP contribution in [0.2, 0.25) is 0 Å². The van der Waals surface area contributed by atoms with E-state index >= 15 is 0 Å². The quantitative estimate of drug-likeness (QED) is 0.833. The smallest absolute Gasteiger partial charge is 0.185 e. The molecule has 0 spiro atoms. The average Bonchev–Trinajstić information content (AvgIpc) is 3.26. The molecule has 0 unspecified atom stereocenters. The average molecular weight is 345 g/mol. The highest BCUT2D eigenvalue weighted by Crippen LogP contribution is 2.31. The number of fused-ring (bicyclic) bond motifs is 1. The Balaban J connectivity index is 1.31. The predicted octanol–water partition coefficient (Wildman–Crippen LogP) is 3.02. The van der Waals surface area contributed by atoms with E-state index in [1.165, 1.54) is 22.9 Å². The van der Waals surface area contributed by atoms with Crippen LogP contribution in [0.15, 0.2) is 30.5 Å². The summed E-state index contributed by atoms with van der Waals surface area (Å²) >= 11 is 1.81. The third-order valence-corrected chi connectivity index (χ3v) is 5.47. The highest BCUT2D eigenvalue weighted by Gasteiger charge is 2.22. The second-order valence-electron chi connectivity index (χ2n) is 6.50. The minimum Gasteiger partial charge on any atom is -0.486 e. The lowest BCUT2D eigenvalue weighted by molar-refractivity contribution is 0.0640. The molecule has 2 aliphatic heterocycles. The first kappa shape index (κ1) is 15.7. The van der Waals surface area contributed by atoms with Crippen LogP contribution in [0.5, 0.6) is 11.5 Å². The van der Waals surface area contributed by atoms with Gasteiger partial charge in [-0.2, -0.15) is 0 Å². The molecule has 0 radical (unpaired) electrons. The molecule has 0 amide bonds. The molecular weight excluding hydrogens is 322 g/mol. The van der Waals surface area contributed by atoms with Crippen molar-refractivity contribution in [1.82, 2.24) is 9.88 Å². The lowest BCUT2D eigenvalue weighted by Crippen LogP contribution is -2.39. The number of rotatable bonds is 5. The Labute approximate surface area is 146 Å². The molecule has 24 heavy (non-hydrogen) atoms. The Morgan fingerprint density at radius 2 is 2.04 bits per heavy atom. The number of thiazole rings is 1. The Morgan fingerprint density at radius 3 is 2.88 bits per heavy atom. The zero-order valence-corrected chi connectivity index (χ0v) is 14.8. The number of hydrogen-bond donors (Lipinski definition) is 0. The van der Waals surface area contributed by atoms with Crippen LogP contribution < -0.4 is 14.4 Å². The van der Waals surface area contributed by atoms with Gasteiger partial charge in [0.1, 0.15) is 12.7 Å². The molecule has 0 aliphatic carbocycles. The van der Waals surface area contributed by atoms with Gasteiger partial charge in [0.2, 0.25) is 0 Å². The van der Waals surface area contributed by atoms with Crippen LogP contribution in [0.3, 0.4) is 0 Å². The largest absolute Gasteiger partial charge is 0.486 e. The first-order chi connectivity index (χ1) is 11.8. The summed E-state index contributed by atoms with van der Waals surface area (Å²) < 4.78 is 11.8. The number of anilines is 1. The summed E-state index contributed by atoms with van der Waals surface area (Å²) in [5, 5.41) is 1.17. The van der Waals surface area contributed by atoms with Crippen LogP contribution in [0.4, 0.5) is 5.13 Å². The molecule has 2 aromatic rings. The molecule has 0 N–H and O–H groups in total. The van der Waals surface area contributed by atoms with Gasteiger partial charge in [-0.05, 0) is 32.0 Å². The van der Waals surface area contributed by atoms with Crippen LogP contribution >= 0.6 is 11.3 Å². The first-order valence-corrected chi connectivity index (χ1v) is 9.36. The van der Waals surface area contributed by atoms with E-state index in [1.54, 1.807) is 0 Å². The zero-order valence-electron chi connectivity index (χ0n) is 14.0. The van der Waals surface area contributed by atoms with Crippen molar-refractivity contribution in [2.24, 2.45) is 0 Å². The normalized spacial score (nSPS) is 19.9. The van der Waals surface area contributed by atoms with Gasteiger partial charge in [0.15, 0.2) is 16.6 Å². The molecule has 1 fully saturated rings. The molecule has 0 bridgehead atoms. The van der Waals surface area contributed by atoms with Crippen molar-refractivity contribution in [3.8, 4) is 11.5 Å². The Hall–Kier alpha value is -1.79. The van der Waals surface area contributed by atoms with Gasteiger partial charge < -0.3 is 14.4 Å². The van der Waals surface area contributed by atoms with Gasteiger partial charge in [-0.3, -0.25) is 4.90 Å². The Morgan fingerprint density at radius 1 is 1.25 bits per heavy atom. The summed E-state index contributed by atoms with van der Waals surface area (Å²) in [6, 6.07) is 7.86. The maximum Gasteiger partial charge on any atom is 0.185 e. The molecule has 0 saturated carbocycles. The van der Waals surface area contributed by atoms with Crippen LogP contribution in [0.1, 0.15) is 17.7 Å². The molecule has 5 nitrogen and oxygen atoms in total. The molecular formula is C18H23N3O2S. The van der Waals surface area contributed by atoms with E-state index in [1.807, 2.05) is 41.8 Å². The van der Waals surface area contributed by atoms with Gasteiger partial charge in [0.25, 0.3) is 0 Å². The summed E-state index contributed by atoms with van der Waals surface area (Å²) in [6.45, 7) is 4.63.